The standard InChI is InChI=1S/C12H20N2O2/c1-8(2)11-12(16)14(7-9-3-4-9)6-5-10(15)13-11/h8-9,11H,3-7H2,1-2H3,(H,13,15). The van der Waals surface area contributed by atoms with E-state index in [9.17, 15) is 9.59 Å². The molecule has 2 aliphatic rings. The number of carbonyl (C=O) groups excluding carboxylic acids is 2. The molecular formula is C12H20N2O2. The van der Waals surface area contributed by atoms with Crippen LogP contribution >= 0.6 is 0 Å². The van der Waals surface area contributed by atoms with Crippen LogP contribution in [0.15, 0.2) is 0 Å². The second kappa shape index (κ2) is 4.44. The van der Waals surface area contributed by atoms with Crippen LogP contribution in [-0.4, -0.2) is 35.8 Å². The van der Waals surface area contributed by atoms with Gasteiger partial charge in [0, 0.05) is 19.5 Å². The van der Waals surface area contributed by atoms with E-state index in [4.69, 9.17) is 0 Å². The molecule has 2 amide bonds. The number of hydrogen-bond donors (Lipinski definition) is 1. The van der Waals surface area contributed by atoms with Gasteiger partial charge in [-0.15, -0.1) is 0 Å². The third-order valence-electron chi connectivity index (χ3n) is 3.35. The van der Waals surface area contributed by atoms with E-state index in [1.54, 1.807) is 0 Å². The van der Waals surface area contributed by atoms with Gasteiger partial charge in [0.2, 0.25) is 11.8 Å². The lowest BCUT2D eigenvalue weighted by atomic mass is 10.0. The molecular weight excluding hydrogens is 204 g/mol. The maximum Gasteiger partial charge on any atom is 0.245 e. The van der Waals surface area contributed by atoms with Gasteiger partial charge in [-0.3, -0.25) is 9.59 Å². The molecule has 1 atom stereocenters. The van der Waals surface area contributed by atoms with E-state index in [1.165, 1.54) is 12.8 Å². The highest BCUT2D eigenvalue weighted by Crippen LogP contribution is 2.30. The molecule has 0 spiro atoms. The van der Waals surface area contributed by atoms with Gasteiger partial charge in [0.05, 0.1) is 0 Å². The van der Waals surface area contributed by atoms with Crippen LogP contribution in [0.2, 0.25) is 0 Å². The molecule has 1 N–H and O–H groups in total. The fourth-order valence-corrected chi connectivity index (χ4v) is 2.10. The molecule has 90 valence electrons. The highest BCUT2D eigenvalue weighted by atomic mass is 16.2. The van der Waals surface area contributed by atoms with Crippen molar-refractivity contribution in [1.82, 2.24) is 10.2 Å². The van der Waals surface area contributed by atoms with Gasteiger partial charge in [-0.05, 0) is 24.7 Å². The van der Waals surface area contributed by atoms with Gasteiger partial charge in [-0.2, -0.15) is 0 Å². The van der Waals surface area contributed by atoms with Crippen molar-refractivity contribution < 1.29 is 9.59 Å². The summed E-state index contributed by atoms with van der Waals surface area (Å²) >= 11 is 0. The van der Waals surface area contributed by atoms with Gasteiger partial charge in [0.15, 0.2) is 0 Å². The molecule has 1 heterocycles. The molecule has 0 aromatic rings. The van der Waals surface area contributed by atoms with E-state index in [2.05, 4.69) is 5.32 Å². The summed E-state index contributed by atoms with van der Waals surface area (Å²) < 4.78 is 0. The van der Waals surface area contributed by atoms with Crippen LogP contribution in [-0.2, 0) is 9.59 Å². The van der Waals surface area contributed by atoms with Crippen molar-refractivity contribution in [2.75, 3.05) is 13.1 Å². The molecule has 0 radical (unpaired) electrons. The zero-order valence-electron chi connectivity index (χ0n) is 10.0. The topological polar surface area (TPSA) is 49.4 Å². The van der Waals surface area contributed by atoms with Crippen LogP contribution in [0.4, 0.5) is 0 Å². The summed E-state index contributed by atoms with van der Waals surface area (Å²) in [6.45, 7) is 5.38. The average Bonchev–Trinajstić information content (AvgIpc) is 3.02. The first kappa shape index (κ1) is 11.4. The highest BCUT2D eigenvalue weighted by Gasteiger charge is 2.34. The molecule has 0 aromatic heterocycles. The minimum Gasteiger partial charge on any atom is -0.344 e. The van der Waals surface area contributed by atoms with Crippen LogP contribution in [0, 0.1) is 11.8 Å². The number of amides is 2. The summed E-state index contributed by atoms with van der Waals surface area (Å²) in [6, 6.07) is -0.325. The van der Waals surface area contributed by atoms with E-state index in [1.807, 2.05) is 18.7 Å². The molecule has 1 aliphatic heterocycles. The van der Waals surface area contributed by atoms with Crippen LogP contribution in [0.3, 0.4) is 0 Å². The van der Waals surface area contributed by atoms with Crippen molar-refractivity contribution in [2.45, 2.75) is 39.2 Å². The summed E-state index contributed by atoms with van der Waals surface area (Å²) in [5, 5.41) is 2.82. The Morgan fingerprint density at radius 2 is 2.06 bits per heavy atom. The second-order valence-corrected chi connectivity index (χ2v) is 5.27. The van der Waals surface area contributed by atoms with Crippen molar-refractivity contribution >= 4 is 11.8 Å². The molecule has 0 bridgehead atoms. The van der Waals surface area contributed by atoms with Gasteiger partial charge in [0.25, 0.3) is 0 Å². The van der Waals surface area contributed by atoms with Crippen LogP contribution in [0.1, 0.15) is 33.1 Å². The minimum absolute atomic E-state index is 0.00495. The van der Waals surface area contributed by atoms with Crippen molar-refractivity contribution in [3.8, 4) is 0 Å². The highest BCUT2D eigenvalue weighted by molar-refractivity contribution is 5.90. The van der Waals surface area contributed by atoms with Crippen molar-refractivity contribution in [3.05, 3.63) is 0 Å². The van der Waals surface area contributed by atoms with Crippen LogP contribution in [0.25, 0.3) is 0 Å². The summed E-state index contributed by atoms with van der Waals surface area (Å²) in [4.78, 5) is 25.6. The lowest BCUT2D eigenvalue weighted by Gasteiger charge is -2.25. The largest absolute Gasteiger partial charge is 0.344 e. The Hall–Kier alpha value is -1.06. The fraction of sp³-hybridized carbons (Fsp3) is 0.833. The van der Waals surface area contributed by atoms with E-state index >= 15 is 0 Å². The zero-order chi connectivity index (χ0) is 11.7. The number of hydrogen-bond acceptors (Lipinski definition) is 2. The maximum absolute atomic E-state index is 12.2. The van der Waals surface area contributed by atoms with E-state index in [0.29, 0.717) is 18.9 Å². The lowest BCUT2D eigenvalue weighted by molar-refractivity contribution is -0.134. The molecule has 4 nitrogen and oxygen atoms in total. The van der Waals surface area contributed by atoms with E-state index < -0.39 is 0 Å². The Labute approximate surface area is 96.4 Å². The molecule has 2 rings (SSSR count). The summed E-state index contributed by atoms with van der Waals surface area (Å²) in [6.07, 6.45) is 2.91. The maximum atomic E-state index is 12.2. The number of nitrogens with zero attached hydrogens (tertiary/aromatic N) is 1. The van der Waals surface area contributed by atoms with Crippen LogP contribution in [0.5, 0.6) is 0 Å². The third-order valence-corrected chi connectivity index (χ3v) is 3.35. The SMILES string of the molecule is CC(C)C1NC(=O)CCN(CC2CC2)C1=O. The first-order chi connectivity index (χ1) is 7.58. The molecule has 0 aromatic carbocycles. The summed E-state index contributed by atoms with van der Waals surface area (Å²) in [7, 11) is 0. The van der Waals surface area contributed by atoms with Gasteiger partial charge < -0.3 is 10.2 Å². The summed E-state index contributed by atoms with van der Waals surface area (Å²) in [5.41, 5.74) is 0. The van der Waals surface area contributed by atoms with Gasteiger partial charge >= 0.3 is 0 Å². The molecule has 16 heavy (non-hydrogen) atoms. The second-order valence-electron chi connectivity index (χ2n) is 5.27. The molecule has 2 fully saturated rings. The first-order valence-corrected chi connectivity index (χ1v) is 6.16. The zero-order valence-corrected chi connectivity index (χ0v) is 10.0. The fourth-order valence-electron chi connectivity index (χ4n) is 2.10. The lowest BCUT2D eigenvalue weighted by Crippen LogP contribution is -2.48. The van der Waals surface area contributed by atoms with Crippen molar-refractivity contribution in [1.29, 1.82) is 0 Å². The molecule has 1 saturated carbocycles. The molecule has 4 heteroatoms. The molecule has 1 aliphatic carbocycles. The average molecular weight is 224 g/mol. The Balaban J connectivity index is 2.06. The van der Waals surface area contributed by atoms with Gasteiger partial charge in [0.1, 0.15) is 6.04 Å². The van der Waals surface area contributed by atoms with Gasteiger partial charge in [-0.1, -0.05) is 13.8 Å². The van der Waals surface area contributed by atoms with Crippen molar-refractivity contribution in [3.63, 3.8) is 0 Å². The number of carbonyl (C=O) groups is 2. The summed E-state index contributed by atoms with van der Waals surface area (Å²) in [5.74, 6) is 0.958. The Bertz CT molecular complexity index is 297. The van der Waals surface area contributed by atoms with Crippen molar-refractivity contribution in [2.24, 2.45) is 11.8 Å². The van der Waals surface area contributed by atoms with Gasteiger partial charge in [-0.25, -0.2) is 0 Å². The predicted octanol–water partition coefficient (Wildman–Crippen LogP) is 0.769. The third kappa shape index (κ3) is 2.54. The van der Waals surface area contributed by atoms with Crippen LogP contribution < -0.4 is 5.32 Å². The number of nitrogens with one attached hydrogen (secondary N) is 1. The predicted molar refractivity (Wildman–Crippen MR) is 60.7 cm³/mol. The molecule has 1 saturated heterocycles. The van der Waals surface area contributed by atoms with E-state index in [0.717, 1.165) is 6.54 Å². The Kier molecular flexibility index (Phi) is 3.17. The quantitative estimate of drug-likeness (QED) is 0.769. The Morgan fingerprint density at radius 3 is 2.62 bits per heavy atom. The van der Waals surface area contributed by atoms with E-state index in [-0.39, 0.29) is 23.8 Å². The number of rotatable bonds is 3. The first-order valence-electron chi connectivity index (χ1n) is 6.16. The minimum atomic E-state index is -0.325. The normalized spacial score (nSPS) is 26.9. The molecule has 1 unspecified atom stereocenters. The smallest absolute Gasteiger partial charge is 0.245 e. The monoisotopic (exact) mass is 224 g/mol. The Morgan fingerprint density at radius 1 is 1.38 bits per heavy atom.